The molecule has 1 aliphatic carbocycles. The Morgan fingerprint density at radius 2 is 1.47 bits per heavy atom. The minimum Gasteiger partial charge on any atom is -0.340 e. The van der Waals surface area contributed by atoms with E-state index in [1.807, 2.05) is 0 Å². The van der Waals surface area contributed by atoms with E-state index in [4.69, 9.17) is 0 Å². The molecule has 0 spiro atoms. The Balaban J connectivity index is 1.70. The standard InChI is InChI=1S/C16H17N/c1-2-4-14(5-3-1)15-8-6-13(7-9-15)12-17-16-10-11-16/h1-9,16-17H,10-12H2/p+1. The number of hydrogen-bond donors (Lipinski definition) is 1. The number of hydrogen-bond acceptors (Lipinski definition) is 0. The minimum atomic E-state index is 0.906. The van der Waals surface area contributed by atoms with Gasteiger partial charge in [0.1, 0.15) is 6.54 Å². The minimum absolute atomic E-state index is 0.906. The van der Waals surface area contributed by atoms with E-state index in [-0.39, 0.29) is 0 Å². The maximum atomic E-state index is 2.46. The Hall–Kier alpha value is -1.60. The summed E-state index contributed by atoms with van der Waals surface area (Å²) in [6.45, 7) is 1.12. The van der Waals surface area contributed by atoms with Crippen LogP contribution in [-0.4, -0.2) is 6.04 Å². The van der Waals surface area contributed by atoms with Crippen LogP contribution in [-0.2, 0) is 6.54 Å². The molecule has 1 heteroatoms. The zero-order valence-electron chi connectivity index (χ0n) is 9.97. The molecule has 1 fully saturated rings. The number of nitrogens with two attached hydrogens (primary N) is 1. The van der Waals surface area contributed by atoms with Crippen molar-refractivity contribution in [1.29, 1.82) is 0 Å². The third-order valence-corrected chi connectivity index (χ3v) is 3.37. The molecule has 2 aromatic carbocycles. The van der Waals surface area contributed by atoms with Gasteiger partial charge in [-0.15, -0.1) is 0 Å². The van der Waals surface area contributed by atoms with Gasteiger partial charge >= 0.3 is 0 Å². The van der Waals surface area contributed by atoms with Crippen LogP contribution in [0.1, 0.15) is 18.4 Å². The molecule has 0 aromatic heterocycles. The molecule has 1 nitrogen and oxygen atoms in total. The molecule has 0 bridgehead atoms. The van der Waals surface area contributed by atoms with E-state index in [0.29, 0.717) is 0 Å². The first-order valence-corrected chi connectivity index (χ1v) is 6.39. The highest BCUT2D eigenvalue weighted by Crippen LogP contribution is 2.19. The van der Waals surface area contributed by atoms with Crippen LogP contribution in [0.2, 0.25) is 0 Å². The molecular weight excluding hydrogens is 206 g/mol. The smallest absolute Gasteiger partial charge is 0.101 e. The highest BCUT2D eigenvalue weighted by atomic mass is 14.9. The molecule has 1 aliphatic rings. The maximum Gasteiger partial charge on any atom is 0.101 e. The summed E-state index contributed by atoms with van der Waals surface area (Å²) in [6, 6.07) is 20.4. The molecule has 17 heavy (non-hydrogen) atoms. The van der Waals surface area contributed by atoms with E-state index in [0.717, 1.165) is 12.6 Å². The molecule has 0 radical (unpaired) electrons. The fourth-order valence-corrected chi connectivity index (χ4v) is 2.10. The van der Waals surface area contributed by atoms with Crippen molar-refractivity contribution in [3.8, 4) is 11.1 Å². The summed E-state index contributed by atoms with van der Waals surface area (Å²) in [5, 5.41) is 2.46. The van der Waals surface area contributed by atoms with E-state index in [1.54, 1.807) is 0 Å². The van der Waals surface area contributed by atoms with Gasteiger partial charge in [-0.2, -0.15) is 0 Å². The molecule has 0 heterocycles. The van der Waals surface area contributed by atoms with Gasteiger partial charge in [0.2, 0.25) is 0 Å². The second kappa shape index (κ2) is 4.72. The molecule has 1 saturated carbocycles. The van der Waals surface area contributed by atoms with E-state index >= 15 is 0 Å². The van der Waals surface area contributed by atoms with Gasteiger partial charge in [0, 0.05) is 18.4 Å². The number of quaternary nitrogens is 1. The number of benzene rings is 2. The fourth-order valence-electron chi connectivity index (χ4n) is 2.10. The summed E-state index contributed by atoms with van der Waals surface area (Å²) in [5.41, 5.74) is 4.03. The second-order valence-corrected chi connectivity index (χ2v) is 4.84. The molecular formula is C16H18N+. The predicted molar refractivity (Wildman–Crippen MR) is 70.5 cm³/mol. The average molecular weight is 224 g/mol. The zero-order chi connectivity index (χ0) is 11.5. The van der Waals surface area contributed by atoms with Gasteiger partial charge in [0.25, 0.3) is 0 Å². The Bertz CT molecular complexity index is 469. The highest BCUT2D eigenvalue weighted by molar-refractivity contribution is 5.63. The average Bonchev–Trinajstić information content (AvgIpc) is 3.22. The summed E-state index contributed by atoms with van der Waals surface area (Å²) in [6.07, 6.45) is 2.81. The van der Waals surface area contributed by atoms with Crippen molar-refractivity contribution in [2.75, 3.05) is 0 Å². The topological polar surface area (TPSA) is 16.6 Å². The lowest BCUT2D eigenvalue weighted by molar-refractivity contribution is -0.683. The van der Waals surface area contributed by atoms with Gasteiger partial charge in [0.15, 0.2) is 0 Å². The maximum absolute atomic E-state index is 2.46. The van der Waals surface area contributed by atoms with Crippen LogP contribution in [0.4, 0.5) is 0 Å². The van der Waals surface area contributed by atoms with Crippen molar-refractivity contribution in [3.63, 3.8) is 0 Å². The Kier molecular flexibility index (Phi) is 2.93. The first-order chi connectivity index (χ1) is 8.42. The van der Waals surface area contributed by atoms with E-state index < -0.39 is 0 Å². The van der Waals surface area contributed by atoms with Crippen molar-refractivity contribution >= 4 is 0 Å². The SMILES string of the molecule is c1ccc(-c2ccc(C[NH2+]C3CC3)cc2)cc1. The molecule has 2 N–H and O–H groups in total. The summed E-state index contributed by atoms with van der Waals surface area (Å²) < 4.78 is 0. The van der Waals surface area contributed by atoms with Crippen LogP contribution < -0.4 is 5.32 Å². The quantitative estimate of drug-likeness (QED) is 0.822. The molecule has 0 amide bonds. The Labute approximate surface area is 102 Å². The van der Waals surface area contributed by atoms with Crippen LogP contribution in [0.5, 0.6) is 0 Å². The fraction of sp³-hybridized carbons (Fsp3) is 0.250. The van der Waals surface area contributed by atoms with E-state index in [2.05, 4.69) is 59.9 Å². The molecule has 0 saturated heterocycles. The molecule has 0 unspecified atom stereocenters. The van der Waals surface area contributed by atoms with Crippen molar-refractivity contribution in [2.45, 2.75) is 25.4 Å². The molecule has 2 aromatic rings. The predicted octanol–water partition coefficient (Wildman–Crippen LogP) is 2.58. The van der Waals surface area contributed by atoms with Gasteiger partial charge in [-0.25, -0.2) is 0 Å². The van der Waals surface area contributed by atoms with Gasteiger partial charge in [0.05, 0.1) is 6.04 Å². The Morgan fingerprint density at radius 1 is 0.824 bits per heavy atom. The first-order valence-electron chi connectivity index (χ1n) is 6.39. The molecule has 86 valence electrons. The highest BCUT2D eigenvalue weighted by Gasteiger charge is 2.24. The Morgan fingerprint density at radius 3 is 2.12 bits per heavy atom. The van der Waals surface area contributed by atoms with Crippen molar-refractivity contribution in [3.05, 3.63) is 60.2 Å². The largest absolute Gasteiger partial charge is 0.340 e. The van der Waals surface area contributed by atoms with Crippen molar-refractivity contribution < 1.29 is 5.32 Å². The monoisotopic (exact) mass is 224 g/mol. The lowest BCUT2D eigenvalue weighted by atomic mass is 10.0. The zero-order valence-corrected chi connectivity index (χ0v) is 9.97. The van der Waals surface area contributed by atoms with E-state index in [9.17, 15) is 0 Å². The van der Waals surface area contributed by atoms with Crippen LogP contribution in [0, 0.1) is 0 Å². The number of rotatable bonds is 4. The third kappa shape index (κ3) is 2.75. The van der Waals surface area contributed by atoms with Gasteiger partial charge in [-0.1, -0.05) is 54.6 Å². The van der Waals surface area contributed by atoms with Crippen LogP contribution in [0.3, 0.4) is 0 Å². The van der Waals surface area contributed by atoms with Crippen molar-refractivity contribution in [1.82, 2.24) is 0 Å². The molecule has 0 aliphatic heterocycles. The summed E-state index contributed by atoms with van der Waals surface area (Å²) in [5.74, 6) is 0. The molecule has 3 rings (SSSR count). The van der Waals surface area contributed by atoms with E-state index in [1.165, 1.54) is 29.5 Å². The van der Waals surface area contributed by atoms with Crippen LogP contribution in [0.25, 0.3) is 11.1 Å². The van der Waals surface area contributed by atoms with Gasteiger partial charge in [-0.05, 0) is 11.1 Å². The van der Waals surface area contributed by atoms with Crippen molar-refractivity contribution in [2.24, 2.45) is 0 Å². The summed E-state index contributed by atoms with van der Waals surface area (Å²) >= 11 is 0. The first kappa shape index (κ1) is 10.5. The summed E-state index contributed by atoms with van der Waals surface area (Å²) in [4.78, 5) is 0. The normalized spacial score (nSPS) is 14.8. The third-order valence-electron chi connectivity index (χ3n) is 3.37. The van der Waals surface area contributed by atoms with Gasteiger partial charge in [-0.3, -0.25) is 0 Å². The van der Waals surface area contributed by atoms with Gasteiger partial charge < -0.3 is 5.32 Å². The van der Waals surface area contributed by atoms with Crippen LogP contribution >= 0.6 is 0 Å². The lowest BCUT2D eigenvalue weighted by Gasteiger charge is -2.03. The second-order valence-electron chi connectivity index (χ2n) is 4.84. The summed E-state index contributed by atoms with van der Waals surface area (Å²) in [7, 11) is 0. The lowest BCUT2D eigenvalue weighted by Crippen LogP contribution is -2.84. The van der Waals surface area contributed by atoms with Crippen LogP contribution in [0.15, 0.2) is 54.6 Å². The molecule has 0 atom stereocenters.